The van der Waals surface area contributed by atoms with Crippen LogP contribution in [0.4, 0.5) is 0 Å². The Morgan fingerprint density at radius 1 is 1.50 bits per heavy atom. The molecular formula is C11H14S. The van der Waals surface area contributed by atoms with Gasteiger partial charge in [0.2, 0.25) is 0 Å². The van der Waals surface area contributed by atoms with Crippen molar-refractivity contribution in [3.63, 3.8) is 0 Å². The van der Waals surface area contributed by atoms with E-state index in [1.54, 1.807) is 0 Å². The van der Waals surface area contributed by atoms with Crippen LogP contribution >= 0.6 is 11.8 Å². The summed E-state index contributed by atoms with van der Waals surface area (Å²) in [5.41, 5.74) is 1.46. The Bertz CT molecular complexity index is 267. The van der Waals surface area contributed by atoms with E-state index in [0.29, 0.717) is 0 Å². The van der Waals surface area contributed by atoms with Gasteiger partial charge in [-0.05, 0) is 18.8 Å². The first kappa shape index (κ1) is 9.40. The molecule has 0 nitrogen and oxygen atoms in total. The third-order valence-corrected chi connectivity index (χ3v) is 2.97. The first-order chi connectivity index (χ1) is 5.77. The van der Waals surface area contributed by atoms with Gasteiger partial charge >= 0.3 is 0 Å². The van der Waals surface area contributed by atoms with Crippen molar-refractivity contribution in [3.8, 4) is 0 Å². The van der Waals surface area contributed by atoms with E-state index < -0.39 is 0 Å². The molecule has 0 amide bonds. The maximum Gasteiger partial charge on any atom is 0.0108 e. The highest BCUT2D eigenvalue weighted by molar-refractivity contribution is 8.07. The molecule has 1 heteroatoms. The van der Waals surface area contributed by atoms with Gasteiger partial charge in [-0.2, -0.15) is 0 Å². The Balaban J connectivity index is 2.74. The summed E-state index contributed by atoms with van der Waals surface area (Å²) in [6, 6.07) is 0. The van der Waals surface area contributed by atoms with Crippen molar-refractivity contribution in [1.82, 2.24) is 0 Å². The Kier molecular flexibility index (Phi) is 3.42. The lowest BCUT2D eigenvalue weighted by Gasteiger charge is -1.92. The van der Waals surface area contributed by atoms with Gasteiger partial charge < -0.3 is 0 Å². The molecule has 0 bridgehead atoms. The van der Waals surface area contributed by atoms with E-state index in [1.165, 1.54) is 15.4 Å². The summed E-state index contributed by atoms with van der Waals surface area (Å²) in [6.45, 7) is 7.93. The van der Waals surface area contributed by atoms with E-state index in [2.05, 4.69) is 38.7 Å². The summed E-state index contributed by atoms with van der Waals surface area (Å²) in [6.07, 6.45) is 9.29. The highest BCUT2D eigenvalue weighted by Gasteiger charge is 2.12. The van der Waals surface area contributed by atoms with Crippen LogP contribution in [0.25, 0.3) is 0 Å². The normalized spacial score (nSPS) is 21.3. The van der Waals surface area contributed by atoms with Gasteiger partial charge in [0, 0.05) is 11.3 Å². The lowest BCUT2D eigenvalue weighted by Crippen LogP contribution is -1.69. The molecule has 1 aliphatic heterocycles. The van der Waals surface area contributed by atoms with E-state index in [9.17, 15) is 0 Å². The molecule has 0 fully saturated rings. The number of allylic oxidation sites excluding steroid dienone is 6. The smallest absolute Gasteiger partial charge is 0.0108 e. The predicted octanol–water partition coefficient (Wildman–Crippen LogP) is 4.04. The summed E-state index contributed by atoms with van der Waals surface area (Å²) in [5.74, 6) is 0. The van der Waals surface area contributed by atoms with Gasteiger partial charge in [-0.1, -0.05) is 48.2 Å². The minimum Gasteiger partial charge on any atom is -0.0990 e. The molecule has 1 aliphatic rings. The Labute approximate surface area is 78.7 Å². The fraction of sp³-hybridized carbons (Fsp3) is 0.273. The van der Waals surface area contributed by atoms with Crippen molar-refractivity contribution in [1.29, 1.82) is 0 Å². The largest absolute Gasteiger partial charge is 0.0990 e. The number of thioether (sulfide) groups is 1. The van der Waals surface area contributed by atoms with Crippen molar-refractivity contribution in [2.75, 3.05) is 0 Å². The Morgan fingerprint density at radius 3 is 2.83 bits per heavy atom. The van der Waals surface area contributed by atoms with Crippen LogP contribution in [0.5, 0.6) is 0 Å². The first-order valence-electron chi connectivity index (χ1n) is 4.09. The summed E-state index contributed by atoms with van der Waals surface area (Å²) in [5, 5.41) is 0. The summed E-state index contributed by atoms with van der Waals surface area (Å²) < 4.78 is 0. The molecule has 0 aliphatic carbocycles. The number of hydrogen-bond donors (Lipinski definition) is 0. The monoisotopic (exact) mass is 178 g/mol. The second kappa shape index (κ2) is 4.36. The van der Waals surface area contributed by atoms with E-state index in [-0.39, 0.29) is 0 Å². The molecule has 0 atom stereocenters. The molecule has 12 heavy (non-hydrogen) atoms. The van der Waals surface area contributed by atoms with Crippen LogP contribution in [-0.4, -0.2) is 0 Å². The molecule has 1 rings (SSSR count). The highest BCUT2D eigenvalue weighted by Crippen LogP contribution is 2.41. The number of hydrogen-bond acceptors (Lipinski definition) is 1. The molecule has 0 aromatic heterocycles. The third-order valence-electron chi connectivity index (χ3n) is 1.72. The maximum atomic E-state index is 3.69. The quantitative estimate of drug-likeness (QED) is 0.615. The lowest BCUT2D eigenvalue weighted by molar-refractivity contribution is 1.21. The molecule has 1 heterocycles. The minimum atomic E-state index is 1.09. The lowest BCUT2D eigenvalue weighted by atomic mass is 10.2. The molecule has 0 spiro atoms. The molecule has 0 radical (unpaired) electrons. The molecule has 0 N–H and O–H groups in total. The fourth-order valence-corrected chi connectivity index (χ4v) is 2.35. The third kappa shape index (κ3) is 2.15. The SMILES string of the molecule is C=C/C=C1\CC(C)=C(/C=C\C)S1. The van der Waals surface area contributed by atoms with Crippen LogP contribution in [0.3, 0.4) is 0 Å². The fourth-order valence-electron chi connectivity index (χ4n) is 1.16. The molecular weight excluding hydrogens is 164 g/mol. The van der Waals surface area contributed by atoms with Crippen molar-refractivity contribution >= 4 is 11.8 Å². The molecule has 0 saturated carbocycles. The molecule has 0 aromatic rings. The number of rotatable bonds is 2. The average molecular weight is 178 g/mol. The van der Waals surface area contributed by atoms with Crippen molar-refractivity contribution in [2.45, 2.75) is 20.3 Å². The topological polar surface area (TPSA) is 0 Å². The van der Waals surface area contributed by atoms with Gasteiger partial charge in [0.15, 0.2) is 0 Å². The summed E-state index contributed by atoms with van der Waals surface area (Å²) in [4.78, 5) is 2.79. The van der Waals surface area contributed by atoms with Crippen LogP contribution in [-0.2, 0) is 0 Å². The van der Waals surface area contributed by atoms with Crippen LogP contribution in [0.15, 0.2) is 46.3 Å². The Hall–Kier alpha value is -0.690. The zero-order valence-electron chi connectivity index (χ0n) is 7.63. The van der Waals surface area contributed by atoms with Crippen molar-refractivity contribution in [2.24, 2.45) is 0 Å². The first-order valence-corrected chi connectivity index (χ1v) is 4.91. The van der Waals surface area contributed by atoms with Gasteiger partial charge in [0.1, 0.15) is 0 Å². The van der Waals surface area contributed by atoms with E-state index in [4.69, 9.17) is 0 Å². The van der Waals surface area contributed by atoms with Crippen molar-refractivity contribution < 1.29 is 0 Å². The second-order valence-electron chi connectivity index (χ2n) is 2.79. The minimum absolute atomic E-state index is 1.09. The maximum absolute atomic E-state index is 3.69. The molecule has 0 aromatic carbocycles. The predicted molar refractivity (Wildman–Crippen MR) is 58.0 cm³/mol. The van der Waals surface area contributed by atoms with Crippen LogP contribution < -0.4 is 0 Å². The van der Waals surface area contributed by atoms with E-state index in [0.717, 1.165) is 6.42 Å². The second-order valence-corrected chi connectivity index (χ2v) is 3.96. The Morgan fingerprint density at radius 2 is 2.25 bits per heavy atom. The standard InChI is InChI=1S/C11H14S/c1-4-6-10-8-9(3)11(12-10)7-5-2/h4-7H,1,8H2,2-3H3/b7-5-,10-6+. The zero-order chi connectivity index (χ0) is 8.97. The highest BCUT2D eigenvalue weighted by atomic mass is 32.2. The summed E-state index contributed by atoms with van der Waals surface area (Å²) >= 11 is 1.85. The molecule has 0 unspecified atom stereocenters. The van der Waals surface area contributed by atoms with Gasteiger partial charge in [-0.15, -0.1) is 0 Å². The van der Waals surface area contributed by atoms with Crippen LogP contribution in [0.1, 0.15) is 20.3 Å². The van der Waals surface area contributed by atoms with Crippen molar-refractivity contribution in [3.05, 3.63) is 46.3 Å². The van der Waals surface area contributed by atoms with E-state index >= 15 is 0 Å². The molecule has 64 valence electrons. The average Bonchev–Trinajstić information content (AvgIpc) is 2.34. The zero-order valence-corrected chi connectivity index (χ0v) is 8.45. The van der Waals surface area contributed by atoms with Gasteiger partial charge in [0.05, 0.1) is 0 Å². The summed E-state index contributed by atoms with van der Waals surface area (Å²) in [7, 11) is 0. The van der Waals surface area contributed by atoms with Crippen LogP contribution in [0, 0.1) is 0 Å². The van der Waals surface area contributed by atoms with Crippen LogP contribution in [0.2, 0.25) is 0 Å². The van der Waals surface area contributed by atoms with Gasteiger partial charge in [0.25, 0.3) is 0 Å². The van der Waals surface area contributed by atoms with Gasteiger partial charge in [-0.3, -0.25) is 0 Å². The van der Waals surface area contributed by atoms with E-state index in [1.807, 2.05) is 17.8 Å². The molecule has 0 saturated heterocycles. The van der Waals surface area contributed by atoms with Gasteiger partial charge in [-0.25, -0.2) is 0 Å².